The molecule has 1 aliphatic heterocycles. The maximum atomic E-state index is 8.89. The zero-order valence-corrected chi connectivity index (χ0v) is 9.78. The van der Waals surface area contributed by atoms with Crippen LogP contribution < -0.4 is 0 Å². The van der Waals surface area contributed by atoms with Gasteiger partial charge in [-0.25, -0.2) is 0 Å². The van der Waals surface area contributed by atoms with E-state index in [1.807, 2.05) is 0 Å². The highest BCUT2D eigenvalue weighted by Gasteiger charge is 2.24. The molecule has 0 aliphatic carbocycles. The molecule has 1 rings (SSSR count). The second-order valence-corrected chi connectivity index (χ2v) is 4.28. The lowest BCUT2D eigenvalue weighted by molar-refractivity contribution is -0.0318. The summed E-state index contributed by atoms with van der Waals surface area (Å²) in [5, 5.41) is 8.89. The van der Waals surface area contributed by atoms with Gasteiger partial charge in [-0.1, -0.05) is 26.2 Å². The Hall–Kier alpha value is -0.120. The van der Waals surface area contributed by atoms with E-state index in [1.54, 1.807) is 0 Å². The van der Waals surface area contributed by atoms with Crippen LogP contribution in [0.25, 0.3) is 0 Å². The summed E-state index contributed by atoms with van der Waals surface area (Å²) < 4.78 is 11.1. The summed E-state index contributed by atoms with van der Waals surface area (Å²) in [6.07, 6.45) is 7.26. The Kier molecular flexibility index (Phi) is 6.98. The predicted molar refractivity (Wildman–Crippen MR) is 59.9 cm³/mol. The van der Waals surface area contributed by atoms with E-state index >= 15 is 0 Å². The molecule has 90 valence electrons. The van der Waals surface area contributed by atoms with Crippen molar-refractivity contribution in [2.24, 2.45) is 0 Å². The van der Waals surface area contributed by atoms with Gasteiger partial charge < -0.3 is 14.6 Å². The highest BCUT2D eigenvalue weighted by molar-refractivity contribution is 4.72. The summed E-state index contributed by atoms with van der Waals surface area (Å²) in [5.74, 6) is 0. The highest BCUT2D eigenvalue weighted by Crippen LogP contribution is 2.19. The molecule has 0 aromatic rings. The van der Waals surface area contributed by atoms with E-state index in [4.69, 9.17) is 14.6 Å². The molecule has 0 bridgehead atoms. The molecule has 0 unspecified atom stereocenters. The molecule has 0 aromatic heterocycles. The SMILES string of the molecule is CCCCCCOC[C@H]1CC[C@@H](CO)O1. The minimum atomic E-state index is 0.0543. The molecule has 0 saturated carbocycles. The third kappa shape index (κ3) is 5.50. The Morgan fingerprint density at radius 3 is 2.67 bits per heavy atom. The number of ether oxygens (including phenoxy) is 2. The Morgan fingerprint density at radius 1 is 1.20 bits per heavy atom. The second kappa shape index (κ2) is 8.08. The van der Waals surface area contributed by atoms with Gasteiger partial charge in [0.2, 0.25) is 0 Å². The van der Waals surface area contributed by atoms with Gasteiger partial charge in [-0.2, -0.15) is 0 Å². The third-order valence-electron chi connectivity index (χ3n) is 2.85. The fraction of sp³-hybridized carbons (Fsp3) is 1.00. The molecule has 1 aliphatic rings. The number of aliphatic hydroxyl groups excluding tert-OH is 1. The molecule has 15 heavy (non-hydrogen) atoms. The van der Waals surface area contributed by atoms with Crippen LogP contribution in [-0.2, 0) is 9.47 Å². The van der Waals surface area contributed by atoms with Crippen LogP contribution in [0.2, 0.25) is 0 Å². The molecular formula is C12H24O3. The number of hydrogen-bond acceptors (Lipinski definition) is 3. The van der Waals surface area contributed by atoms with Crippen molar-refractivity contribution < 1.29 is 14.6 Å². The number of unbranched alkanes of at least 4 members (excludes halogenated alkanes) is 3. The Bertz CT molecular complexity index is 150. The molecular weight excluding hydrogens is 192 g/mol. The van der Waals surface area contributed by atoms with E-state index in [2.05, 4.69) is 6.92 Å². The van der Waals surface area contributed by atoms with Gasteiger partial charge in [-0.15, -0.1) is 0 Å². The monoisotopic (exact) mass is 216 g/mol. The smallest absolute Gasteiger partial charge is 0.0814 e. The fourth-order valence-corrected chi connectivity index (χ4v) is 1.88. The van der Waals surface area contributed by atoms with Crippen molar-refractivity contribution in [2.45, 2.75) is 57.7 Å². The van der Waals surface area contributed by atoms with E-state index in [9.17, 15) is 0 Å². The van der Waals surface area contributed by atoms with Crippen LogP contribution in [0.15, 0.2) is 0 Å². The maximum Gasteiger partial charge on any atom is 0.0814 e. The van der Waals surface area contributed by atoms with Crippen LogP contribution in [0, 0.1) is 0 Å². The molecule has 1 saturated heterocycles. The number of rotatable bonds is 8. The van der Waals surface area contributed by atoms with Gasteiger partial charge >= 0.3 is 0 Å². The second-order valence-electron chi connectivity index (χ2n) is 4.28. The minimum Gasteiger partial charge on any atom is -0.394 e. The summed E-state index contributed by atoms with van der Waals surface area (Å²) in [5.41, 5.74) is 0. The van der Waals surface area contributed by atoms with Gasteiger partial charge in [0.05, 0.1) is 25.4 Å². The van der Waals surface area contributed by atoms with Gasteiger partial charge in [-0.05, 0) is 19.3 Å². The lowest BCUT2D eigenvalue weighted by atomic mass is 10.2. The van der Waals surface area contributed by atoms with Crippen molar-refractivity contribution in [3.05, 3.63) is 0 Å². The first-order valence-electron chi connectivity index (χ1n) is 6.21. The van der Waals surface area contributed by atoms with Gasteiger partial charge in [0.25, 0.3) is 0 Å². The van der Waals surface area contributed by atoms with Crippen molar-refractivity contribution >= 4 is 0 Å². The highest BCUT2D eigenvalue weighted by atomic mass is 16.5. The summed E-state index contributed by atoms with van der Waals surface area (Å²) in [7, 11) is 0. The van der Waals surface area contributed by atoms with Crippen LogP contribution in [0.1, 0.15) is 45.4 Å². The zero-order chi connectivity index (χ0) is 10.9. The fourth-order valence-electron chi connectivity index (χ4n) is 1.88. The molecule has 0 aromatic carbocycles. The van der Waals surface area contributed by atoms with Crippen molar-refractivity contribution in [1.82, 2.24) is 0 Å². The van der Waals surface area contributed by atoms with Crippen LogP contribution >= 0.6 is 0 Å². The topological polar surface area (TPSA) is 38.7 Å². The lowest BCUT2D eigenvalue weighted by Crippen LogP contribution is -2.19. The molecule has 1 fully saturated rings. The lowest BCUT2D eigenvalue weighted by Gasteiger charge is -2.12. The Morgan fingerprint density at radius 2 is 2.00 bits per heavy atom. The quantitative estimate of drug-likeness (QED) is 0.632. The summed E-state index contributed by atoms with van der Waals surface area (Å²) in [4.78, 5) is 0. The zero-order valence-electron chi connectivity index (χ0n) is 9.78. The van der Waals surface area contributed by atoms with Crippen LogP contribution in [0.5, 0.6) is 0 Å². The van der Waals surface area contributed by atoms with E-state index in [0.29, 0.717) is 6.61 Å². The summed E-state index contributed by atoms with van der Waals surface area (Å²) in [6.45, 7) is 3.90. The maximum absolute atomic E-state index is 8.89. The molecule has 2 atom stereocenters. The molecule has 0 amide bonds. The first kappa shape index (κ1) is 12.9. The van der Waals surface area contributed by atoms with E-state index < -0.39 is 0 Å². The summed E-state index contributed by atoms with van der Waals surface area (Å²) >= 11 is 0. The van der Waals surface area contributed by atoms with Crippen molar-refractivity contribution in [3.63, 3.8) is 0 Å². The third-order valence-corrected chi connectivity index (χ3v) is 2.85. The number of hydrogen-bond donors (Lipinski definition) is 1. The van der Waals surface area contributed by atoms with Crippen molar-refractivity contribution in [3.8, 4) is 0 Å². The molecule has 0 radical (unpaired) electrons. The van der Waals surface area contributed by atoms with Gasteiger partial charge in [0.1, 0.15) is 0 Å². The van der Waals surface area contributed by atoms with Crippen LogP contribution in [0.3, 0.4) is 0 Å². The molecule has 0 spiro atoms. The average Bonchev–Trinajstić information content (AvgIpc) is 2.71. The largest absolute Gasteiger partial charge is 0.394 e. The van der Waals surface area contributed by atoms with Gasteiger partial charge in [-0.3, -0.25) is 0 Å². The first-order chi connectivity index (χ1) is 7.36. The Labute approximate surface area is 92.8 Å². The molecule has 1 heterocycles. The molecule has 1 N–H and O–H groups in total. The standard InChI is InChI=1S/C12H24O3/c1-2-3-4-5-8-14-10-12-7-6-11(9-13)15-12/h11-13H,2-10H2,1H3/t11-,12+/m0/s1. The van der Waals surface area contributed by atoms with Crippen molar-refractivity contribution in [1.29, 1.82) is 0 Å². The van der Waals surface area contributed by atoms with Crippen LogP contribution in [0.4, 0.5) is 0 Å². The van der Waals surface area contributed by atoms with Gasteiger partial charge in [0.15, 0.2) is 0 Å². The van der Waals surface area contributed by atoms with E-state index in [-0.39, 0.29) is 18.8 Å². The average molecular weight is 216 g/mol. The normalized spacial score (nSPS) is 26.0. The van der Waals surface area contributed by atoms with Gasteiger partial charge in [0, 0.05) is 6.61 Å². The molecule has 3 heteroatoms. The molecule has 3 nitrogen and oxygen atoms in total. The first-order valence-corrected chi connectivity index (χ1v) is 6.21. The van der Waals surface area contributed by atoms with Crippen LogP contribution in [-0.4, -0.2) is 37.1 Å². The minimum absolute atomic E-state index is 0.0543. The van der Waals surface area contributed by atoms with E-state index in [0.717, 1.165) is 25.9 Å². The van der Waals surface area contributed by atoms with E-state index in [1.165, 1.54) is 19.3 Å². The van der Waals surface area contributed by atoms with Crippen molar-refractivity contribution in [2.75, 3.05) is 19.8 Å². The Balaban J connectivity index is 1.88. The predicted octanol–water partition coefficient (Wildman–Crippen LogP) is 2.12. The summed E-state index contributed by atoms with van der Waals surface area (Å²) in [6, 6.07) is 0. The number of aliphatic hydroxyl groups is 1.